The van der Waals surface area contributed by atoms with E-state index in [0.29, 0.717) is 16.1 Å². The summed E-state index contributed by atoms with van der Waals surface area (Å²) in [5.74, 6) is -0.767. The number of nitrogens with one attached hydrogen (secondary N) is 2. The average molecular weight is 360 g/mol. The Bertz CT molecular complexity index is 829. The minimum Gasteiger partial charge on any atom is -0.313 e. The molecule has 0 atom stereocenters. The molecule has 130 valence electrons. The molecular formula is C16H16N4O4S. The predicted molar refractivity (Wildman–Crippen MR) is 96.2 cm³/mol. The third kappa shape index (κ3) is 5.23. The minimum atomic E-state index is -0.501. The summed E-state index contributed by atoms with van der Waals surface area (Å²) in [6.07, 6.45) is 2.72. The van der Waals surface area contributed by atoms with Crippen LogP contribution in [-0.4, -0.2) is 35.8 Å². The van der Waals surface area contributed by atoms with E-state index >= 15 is 0 Å². The maximum absolute atomic E-state index is 12.0. The molecule has 0 unspecified atom stereocenters. The van der Waals surface area contributed by atoms with Crippen LogP contribution >= 0.6 is 11.3 Å². The van der Waals surface area contributed by atoms with Crippen molar-refractivity contribution < 1.29 is 14.5 Å². The number of thiophene rings is 1. The van der Waals surface area contributed by atoms with Crippen molar-refractivity contribution in [1.29, 1.82) is 0 Å². The van der Waals surface area contributed by atoms with Crippen molar-refractivity contribution in [3.8, 4) is 0 Å². The first-order chi connectivity index (χ1) is 11.9. The van der Waals surface area contributed by atoms with Crippen molar-refractivity contribution in [1.82, 2.24) is 10.4 Å². The third-order valence-electron chi connectivity index (χ3n) is 2.98. The summed E-state index contributed by atoms with van der Waals surface area (Å²) in [5, 5.41) is 17.0. The quantitative estimate of drug-likeness (QED) is 0.468. The van der Waals surface area contributed by atoms with Gasteiger partial charge < -0.3 is 5.32 Å². The Hall–Kier alpha value is -3.04. The van der Waals surface area contributed by atoms with Crippen molar-refractivity contribution in [2.45, 2.75) is 0 Å². The van der Waals surface area contributed by atoms with E-state index in [2.05, 4.69) is 10.7 Å². The topological polar surface area (TPSA) is 105 Å². The Balaban J connectivity index is 2.06. The molecule has 0 bridgehead atoms. The molecule has 2 aromatic rings. The first-order valence-corrected chi connectivity index (χ1v) is 8.04. The number of hydrogen-bond acceptors (Lipinski definition) is 6. The van der Waals surface area contributed by atoms with E-state index in [-0.39, 0.29) is 11.6 Å². The third-order valence-corrected chi connectivity index (χ3v) is 3.81. The highest BCUT2D eigenvalue weighted by molar-refractivity contribution is 7.14. The minimum absolute atomic E-state index is 0.0524. The summed E-state index contributed by atoms with van der Waals surface area (Å²) < 4.78 is 0. The fourth-order valence-corrected chi connectivity index (χ4v) is 2.70. The molecule has 0 spiro atoms. The highest BCUT2D eigenvalue weighted by atomic mass is 32.1. The molecule has 8 nitrogen and oxygen atoms in total. The summed E-state index contributed by atoms with van der Waals surface area (Å²) in [6.45, 7) is 0. The molecule has 0 radical (unpaired) electrons. The SMILES string of the molecule is CN(C)NC(=O)c1ccsc1NC(=O)C=Cc1cccc([N+](=O)[O-])c1. The normalized spacial score (nSPS) is 10.8. The van der Waals surface area contributed by atoms with Crippen LogP contribution in [0.2, 0.25) is 0 Å². The number of carbonyl (C=O) groups excluding carboxylic acids is 2. The summed E-state index contributed by atoms with van der Waals surface area (Å²) >= 11 is 1.23. The molecule has 0 aliphatic heterocycles. The number of rotatable bonds is 6. The van der Waals surface area contributed by atoms with Gasteiger partial charge in [0.25, 0.3) is 11.6 Å². The van der Waals surface area contributed by atoms with Gasteiger partial charge in [-0.2, -0.15) is 0 Å². The zero-order valence-corrected chi connectivity index (χ0v) is 14.4. The van der Waals surface area contributed by atoms with Crippen LogP contribution in [0.4, 0.5) is 10.7 Å². The molecule has 1 heterocycles. The lowest BCUT2D eigenvalue weighted by atomic mass is 10.2. The standard InChI is InChI=1S/C16H16N4O4S/c1-19(2)18-15(22)13-8-9-25-16(13)17-14(21)7-6-11-4-3-5-12(10-11)20(23)24/h3-10H,1-2H3,(H,17,21)(H,18,22). The van der Waals surface area contributed by atoms with Crippen LogP contribution in [0.15, 0.2) is 41.8 Å². The molecule has 0 aliphatic carbocycles. The van der Waals surface area contributed by atoms with Crippen LogP contribution in [0, 0.1) is 10.1 Å². The first kappa shape index (κ1) is 18.3. The van der Waals surface area contributed by atoms with E-state index in [9.17, 15) is 19.7 Å². The summed E-state index contributed by atoms with van der Waals surface area (Å²) in [4.78, 5) is 34.3. The van der Waals surface area contributed by atoms with Gasteiger partial charge in [-0.3, -0.25) is 25.1 Å². The van der Waals surface area contributed by atoms with Crippen LogP contribution in [-0.2, 0) is 4.79 Å². The van der Waals surface area contributed by atoms with E-state index in [1.165, 1.54) is 40.6 Å². The van der Waals surface area contributed by atoms with Gasteiger partial charge in [0.15, 0.2) is 0 Å². The zero-order valence-electron chi connectivity index (χ0n) is 13.6. The molecule has 1 aromatic heterocycles. The molecule has 2 N–H and O–H groups in total. The molecule has 2 rings (SSSR count). The Labute approximate surface area is 147 Å². The number of hydrazine groups is 1. The van der Waals surface area contributed by atoms with E-state index < -0.39 is 10.8 Å². The smallest absolute Gasteiger partial charge is 0.270 e. The second-order valence-corrected chi connectivity index (χ2v) is 6.09. The van der Waals surface area contributed by atoms with Gasteiger partial charge in [-0.05, 0) is 23.1 Å². The van der Waals surface area contributed by atoms with Crippen LogP contribution in [0.5, 0.6) is 0 Å². The van der Waals surface area contributed by atoms with Crippen LogP contribution in [0.3, 0.4) is 0 Å². The molecule has 0 saturated carbocycles. The molecule has 0 saturated heterocycles. The van der Waals surface area contributed by atoms with Crippen LogP contribution in [0.25, 0.3) is 6.08 Å². The molecule has 2 amide bonds. The van der Waals surface area contributed by atoms with E-state index in [1.54, 1.807) is 37.7 Å². The first-order valence-electron chi connectivity index (χ1n) is 7.16. The molecule has 1 aromatic carbocycles. The lowest BCUT2D eigenvalue weighted by Gasteiger charge is -2.12. The number of benzene rings is 1. The number of amides is 2. The molecule has 25 heavy (non-hydrogen) atoms. The highest BCUT2D eigenvalue weighted by Crippen LogP contribution is 2.23. The van der Waals surface area contributed by atoms with Crippen molar-refractivity contribution in [3.63, 3.8) is 0 Å². The molecular weight excluding hydrogens is 344 g/mol. The van der Waals surface area contributed by atoms with Crippen molar-refractivity contribution in [2.75, 3.05) is 19.4 Å². The van der Waals surface area contributed by atoms with E-state index in [1.807, 2.05) is 0 Å². The van der Waals surface area contributed by atoms with Crippen molar-refractivity contribution >= 4 is 39.9 Å². The summed E-state index contributed by atoms with van der Waals surface area (Å²) in [5.41, 5.74) is 3.44. The molecule has 0 aliphatic rings. The predicted octanol–water partition coefficient (Wildman–Crippen LogP) is 2.51. The monoisotopic (exact) mass is 360 g/mol. The number of non-ortho nitro benzene ring substituents is 1. The van der Waals surface area contributed by atoms with Crippen LogP contribution < -0.4 is 10.7 Å². The number of nitro groups is 1. The number of hydrogen-bond donors (Lipinski definition) is 2. The van der Waals surface area contributed by atoms with Gasteiger partial charge in [0.2, 0.25) is 5.91 Å². The van der Waals surface area contributed by atoms with Crippen LogP contribution in [0.1, 0.15) is 15.9 Å². The van der Waals surface area contributed by atoms with E-state index in [4.69, 9.17) is 0 Å². The fraction of sp³-hybridized carbons (Fsp3) is 0.125. The van der Waals surface area contributed by atoms with Gasteiger partial charge in [0, 0.05) is 32.3 Å². The Morgan fingerprint density at radius 2 is 2.04 bits per heavy atom. The lowest BCUT2D eigenvalue weighted by molar-refractivity contribution is -0.384. The lowest BCUT2D eigenvalue weighted by Crippen LogP contribution is -2.36. The summed E-state index contributed by atoms with van der Waals surface area (Å²) in [6, 6.07) is 7.55. The second kappa shape index (κ2) is 8.18. The number of anilines is 1. The van der Waals surface area contributed by atoms with Gasteiger partial charge in [-0.1, -0.05) is 12.1 Å². The molecule has 9 heteroatoms. The Morgan fingerprint density at radius 3 is 2.72 bits per heavy atom. The van der Waals surface area contributed by atoms with Gasteiger partial charge in [-0.15, -0.1) is 11.3 Å². The van der Waals surface area contributed by atoms with Crippen molar-refractivity contribution in [2.24, 2.45) is 0 Å². The van der Waals surface area contributed by atoms with Gasteiger partial charge in [0.05, 0.1) is 10.5 Å². The van der Waals surface area contributed by atoms with Gasteiger partial charge >= 0.3 is 0 Å². The maximum Gasteiger partial charge on any atom is 0.270 e. The Kier molecular flexibility index (Phi) is 5.98. The average Bonchev–Trinajstić information content (AvgIpc) is 3.00. The van der Waals surface area contributed by atoms with Gasteiger partial charge in [-0.25, -0.2) is 5.01 Å². The number of carbonyl (C=O) groups is 2. The largest absolute Gasteiger partial charge is 0.313 e. The summed E-state index contributed by atoms with van der Waals surface area (Å²) in [7, 11) is 3.37. The second-order valence-electron chi connectivity index (χ2n) is 5.17. The Morgan fingerprint density at radius 1 is 1.28 bits per heavy atom. The fourth-order valence-electron chi connectivity index (χ4n) is 1.92. The molecule has 0 fully saturated rings. The zero-order chi connectivity index (χ0) is 18.4. The van der Waals surface area contributed by atoms with Gasteiger partial charge in [0.1, 0.15) is 5.00 Å². The maximum atomic E-state index is 12.0. The highest BCUT2D eigenvalue weighted by Gasteiger charge is 2.14. The van der Waals surface area contributed by atoms with E-state index in [0.717, 1.165) is 0 Å². The number of nitrogens with zero attached hydrogens (tertiary/aromatic N) is 2. The van der Waals surface area contributed by atoms with Crippen molar-refractivity contribution in [3.05, 3.63) is 63.0 Å². The number of nitro benzene ring substituents is 1.